The molecular weight excluding hydrogens is 212 g/mol. The summed E-state index contributed by atoms with van der Waals surface area (Å²) in [7, 11) is 0. The number of ether oxygens (including phenoxy) is 1. The van der Waals surface area contributed by atoms with Crippen LogP contribution < -0.4 is 5.32 Å². The van der Waals surface area contributed by atoms with E-state index in [0.717, 1.165) is 19.1 Å². The van der Waals surface area contributed by atoms with Crippen molar-refractivity contribution < 1.29 is 4.74 Å². The van der Waals surface area contributed by atoms with Crippen molar-refractivity contribution in [2.75, 3.05) is 39.4 Å². The van der Waals surface area contributed by atoms with Gasteiger partial charge in [0, 0.05) is 19.3 Å². The van der Waals surface area contributed by atoms with Crippen molar-refractivity contribution in [2.45, 2.75) is 45.1 Å². The summed E-state index contributed by atoms with van der Waals surface area (Å²) in [6, 6.07) is 0.710. The van der Waals surface area contributed by atoms with Crippen LogP contribution >= 0.6 is 0 Å². The van der Waals surface area contributed by atoms with E-state index in [9.17, 15) is 0 Å². The fourth-order valence-corrected chi connectivity index (χ4v) is 2.95. The Labute approximate surface area is 106 Å². The van der Waals surface area contributed by atoms with Crippen molar-refractivity contribution in [3.63, 3.8) is 0 Å². The third kappa shape index (κ3) is 4.57. The molecule has 3 heteroatoms. The maximum Gasteiger partial charge on any atom is 0.0480 e. The van der Waals surface area contributed by atoms with Crippen LogP contribution in [0.3, 0.4) is 0 Å². The lowest BCUT2D eigenvalue weighted by Crippen LogP contribution is -2.39. The Morgan fingerprint density at radius 2 is 1.94 bits per heavy atom. The first-order valence-electron chi connectivity index (χ1n) is 7.42. The van der Waals surface area contributed by atoms with Crippen LogP contribution in [0.1, 0.15) is 39.0 Å². The molecule has 1 unspecified atom stereocenters. The third-order valence-electron chi connectivity index (χ3n) is 4.30. The molecule has 0 aliphatic carbocycles. The molecule has 0 aromatic heterocycles. The number of rotatable bonds is 4. The minimum atomic E-state index is 0.710. The number of hydrogen-bond acceptors (Lipinski definition) is 3. The fourth-order valence-electron chi connectivity index (χ4n) is 2.95. The van der Waals surface area contributed by atoms with Gasteiger partial charge >= 0.3 is 0 Å². The minimum Gasteiger partial charge on any atom is -0.381 e. The monoisotopic (exact) mass is 240 g/mol. The van der Waals surface area contributed by atoms with Gasteiger partial charge < -0.3 is 15.0 Å². The Morgan fingerprint density at radius 3 is 2.71 bits per heavy atom. The highest BCUT2D eigenvalue weighted by Crippen LogP contribution is 2.17. The highest BCUT2D eigenvalue weighted by atomic mass is 16.5. The van der Waals surface area contributed by atoms with Crippen molar-refractivity contribution in [1.82, 2.24) is 10.2 Å². The van der Waals surface area contributed by atoms with E-state index in [0.29, 0.717) is 6.04 Å². The van der Waals surface area contributed by atoms with Crippen LogP contribution in [0.5, 0.6) is 0 Å². The number of piperidine rings is 1. The zero-order valence-corrected chi connectivity index (χ0v) is 11.3. The van der Waals surface area contributed by atoms with Gasteiger partial charge in [-0.3, -0.25) is 0 Å². The molecule has 2 rings (SSSR count). The molecule has 0 aromatic carbocycles. The molecule has 2 saturated heterocycles. The van der Waals surface area contributed by atoms with Gasteiger partial charge in [-0.05, 0) is 64.2 Å². The summed E-state index contributed by atoms with van der Waals surface area (Å²) in [5.41, 5.74) is 0. The van der Waals surface area contributed by atoms with Gasteiger partial charge in [-0.1, -0.05) is 6.92 Å². The van der Waals surface area contributed by atoms with E-state index in [1.165, 1.54) is 58.3 Å². The summed E-state index contributed by atoms with van der Waals surface area (Å²) < 4.78 is 5.50. The summed E-state index contributed by atoms with van der Waals surface area (Å²) in [5.74, 6) is 0.905. The lowest BCUT2D eigenvalue weighted by Gasteiger charge is -2.32. The summed E-state index contributed by atoms with van der Waals surface area (Å²) in [5, 5.41) is 3.77. The molecule has 0 amide bonds. The molecule has 0 spiro atoms. The van der Waals surface area contributed by atoms with Crippen LogP contribution in [0.15, 0.2) is 0 Å². The molecule has 0 bridgehead atoms. The molecule has 2 heterocycles. The summed E-state index contributed by atoms with van der Waals surface area (Å²) in [6.07, 6.45) is 6.49. The quantitative estimate of drug-likeness (QED) is 0.812. The standard InChI is InChI=1S/C14H28N2O/c1-2-16-8-5-13(6-9-16)12-15-14-4-3-10-17-11-7-14/h13-15H,2-12H2,1H3. The lowest BCUT2D eigenvalue weighted by molar-refractivity contribution is 0.142. The van der Waals surface area contributed by atoms with E-state index >= 15 is 0 Å². The topological polar surface area (TPSA) is 24.5 Å². The summed E-state index contributed by atoms with van der Waals surface area (Å²) in [4.78, 5) is 2.57. The fraction of sp³-hybridized carbons (Fsp3) is 1.00. The van der Waals surface area contributed by atoms with Crippen LogP contribution in [0.2, 0.25) is 0 Å². The second kappa shape index (κ2) is 7.34. The summed E-state index contributed by atoms with van der Waals surface area (Å²) >= 11 is 0. The van der Waals surface area contributed by atoms with Gasteiger partial charge in [-0.15, -0.1) is 0 Å². The molecule has 2 aliphatic heterocycles. The van der Waals surface area contributed by atoms with E-state index < -0.39 is 0 Å². The van der Waals surface area contributed by atoms with E-state index in [4.69, 9.17) is 4.74 Å². The zero-order chi connectivity index (χ0) is 11.9. The van der Waals surface area contributed by atoms with Crippen molar-refractivity contribution >= 4 is 0 Å². The summed E-state index contributed by atoms with van der Waals surface area (Å²) in [6.45, 7) is 9.23. The second-order valence-corrected chi connectivity index (χ2v) is 5.53. The maximum atomic E-state index is 5.50. The molecule has 3 nitrogen and oxygen atoms in total. The van der Waals surface area contributed by atoms with Gasteiger partial charge in [-0.2, -0.15) is 0 Å². The third-order valence-corrected chi connectivity index (χ3v) is 4.30. The Morgan fingerprint density at radius 1 is 1.12 bits per heavy atom. The van der Waals surface area contributed by atoms with Gasteiger partial charge in [-0.25, -0.2) is 0 Å². The van der Waals surface area contributed by atoms with E-state index in [-0.39, 0.29) is 0 Å². The smallest absolute Gasteiger partial charge is 0.0480 e. The predicted octanol–water partition coefficient (Wildman–Crippen LogP) is 1.88. The Hall–Kier alpha value is -0.120. The van der Waals surface area contributed by atoms with E-state index in [1.807, 2.05) is 0 Å². The predicted molar refractivity (Wildman–Crippen MR) is 71.3 cm³/mol. The molecule has 0 saturated carbocycles. The Kier molecular flexibility index (Phi) is 5.75. The van der Waals surface area contributed by atoms with Gasteiger partial charge in [0.2, 0.25) is 0 Å². The van der Waals surface area contributed by atoms with Crippen molar-refractivity contribution in [3.8, 4) is 0 Å². The van der Waals surface area contributed by atoms with Crippen LogP contribution in [0, 0.1) is 5.92 Å². The molecule has 2 aliphatic rings. The van der Waals surface area contributed by atoms with Gasteiger partial charge in [0.15, 0.2) is 0 Å². The van der Waals surface area contributed by atoms with Crippen molar-refractivity contribution in [3.05, 3.63) is 0 Å². The highest BCUT2D eigenvalue weighted by Gasteiger charge is 2.19. The SMILES string of the molecule is CCN1CCC(CNC2CCCOCC2)CC1. The average Bonchev–Trinajstić information content (AvgIpc) is 2.65. The first-order chi connectivity index (χ1) is 8.38. The van der Waals surface area contributed by atoms with E-state index in [2.05, 4.69) is 17.1 Å². The number of hydrogen-bond donors (Lipinski definition) is 1. The van der Waals surface area contributed by atoms with Crippen LogP contribution in [-0.2, 0) is 4.74 Å². The van der Waals surface area contributed by atoms with Gasteiger partial charge in [0.25, 0.3) is 0 Å². The molecule has 1 atom stereocenters. The van der Waals surface area contributed by atoms with Crippen LogP contribution in [0.4, 0.5) is 0 Å². The largest absolute Gasteiger partial charge is 0.381 e. The van der Waals surface area contributed by atoms with Gasteiger partial charge in [0.1, 0.15) is 0 Å². The second-order valence-electron chi connectivity index (χ2n) is 5.53. The molecule has 0 aromatic rings. The van der Waals surface area contributed by atoms with Crippen molar-refractivity contribution in [2.24, 2.45) is 5.92 Å². The number of nitrogens with one attached hydrogen (secondary N) is 1. The molecule has 17 heavy (non-hydrogen) atoms. The van der Waals surface area contributed by atoms with Crippen LogP contribution in [0.25, 0.3) is 0 Å². The number of nitrogens with zero attached hydrogens (tertiary/aromatic N) is 1. The first kappa shape index (κ1) is 13.3. The molecular formula is C14H28N2O. The molecule has 0 radical (unpaired) electrons. The Bertz CT molecular complexity index is 194. The Balaban J connectivity index is 1.61. The minimum absolute atomic E-state index is 0.710. The first-order valence-corrected chi connectivity index (χ1v) is 7.42. The zero-order valence-electron chi connectivity index (χ0n) is 11.3. The lowest BCUT2D eigenvalue weighted by atomic mass is 9.96. The molecule has 2 fully saturated rings. The van der Waals surface area contributed by atoms with Crippen molar-refractivity contribution in [1.29, 1.82) is 0 Å². The average molecular weight is 240 g/mol. The highest BCUT2D eigenvalue weighted by molar-refractivity contribution is 4.76. The normalized spacial score (nSPS) is 29.1. The van der Waals surface area contributed by atoms with Crippen LogP contribution in [-0.4, -0.2) is 50.3 Å². The number of likely N-dealkylation sites (tertiary alicyclic amines) is 1. The van der Waals surface area contributed by atoms with E-state index in [1.54, 1.807) is 0 Å². The van der Waals surface area contributed by atoms with Gasteiger partial charge in [0.05, 0.1) is 0 Å². The molecule has 1 N–H and O–H groups in total. The maximum absolute atomic E-state index is 5.50. The molecule has 100 valence electrons.